The lowest BCUT2D eigenvalue weighted by Crippen LogP contribution is -2.32. The lowest BCUT2D eigenvalue weighted by molar-refractivity contribution is -0.123. The summed E-state index contributed by atoms with van der Waals surface area (Å²) in [5.74, 6) is 0.441. The van der Waals surface area contributed by atoms with Gasteiger partial charge in [-0.1, -0.05) is 41.9 Å². The predicted molar refractivity (Wildman–Crippen MR) is 137 cm³/mol. The van der Waals surface area contributed by atoms with E-state index in [4.69, 9.17) is 21.1 Å². The summed E-state index contributed by atoms with van der Waals surface area (Å²) in [7, 11) is 0. The number of hydrogen-bond donors (Lipinski definition) is 1. The first-order chi connectivity index (χ1) is 17.0. The van der Waals surface area contributed by atoms with Gasteiger partial charge in [-0.25, -0.2) is 0 Å². The molecular formula is C26H21ClN2O5S. The second-order valence-corrected chi connectivity index (χ2v) is 8.84. The van der Waals surface area contributed by atoms with E-state index >= 15 is 0 Å². The average Bonchev–Trinajstić information content (AvgIpc) is 3.12. The van der Waals surface area contributed by atoms with Crippen LogP contribution in [-0.4, -0.2) is 41.7 Å². The molecule has 7 nitrogen and oxygen atoms in total. The van der Waals surface area contributed by atoms with Crippen molar-refractivity contribution in [3.8, 4) is 11.5 Å². The first kappa shape index (κ1) is 24.4. The molecule has 1 saturated heterocycles. The van der Waals surface area contributed by atoms with Crippen molar-refractivity contribution in [1.82, 2.24) is 4.90 Å². The highest BCUT2D eigenvalue weighted by atomic mass is 35.5. The van der Waals surface area contributed by atoms with E-state index in [1.54, 1.807) is 54.6 Å². The molecule has 0 unspecified atom stereocenters. The van der Waals surface area contributed by atoms with Crippen LogP contribution in [0, 0.1) is 0 Å². The number of imide groups is 1. The number of hydrogen-bond acceptors (Lipinski definition) is 6. The van der Waals surface area contributed by atoms with Crippen LogP contribution < -0.4 is 14.8 Å². The fourth-order valence-electron chi connectivity index (χ4n) is 3.19. The highest BCUT2D eigenvalue weighted by molar-refractivity contribution is 8.18. The molecule has 3 aromatic rings. The number of anilines is 1. The van der Waals surface area contributed by atoms with Crippen molar-refractivity contribution in [2.45, 2.75) is 0 Å². The summed E-state index contributed by atoms with van der Waals surface area (Å²) >= 11 is 6.72. The maximum absolute atomic E-state index is 12.7. The fraction of sp³-hybridized carbons (Fsp3) is 0.115. The number of carbonyl (C=O) groups is 3. The van der Waals surface area contributed by atoms with Crippen LogP contribution in [-0.2, 0) is 9.59 Å². The quantitative estimate of drug-likeness (QED) is 0.386. The van der Waals surface area contributed by atoms with Crippen molar-refractivity contribution in [2.75, 3.05) is 25.1 Å². The van der Waals surface area contributed by atoms with Crippen LogP contribution in [0.4, 0.5) is 10.5 Å². The van der Waals surface area contributed by atoms with E-state index in [0.29, 0.717) is 32.7 Å². The number of nitrogens with zero attached hydrogens (tertiary/aromatic N) is 1. The monoisotopic (exact) mass is 508 g/mol. The van der Waals surface area contributed by atoms with Crippen molar-refractivity contribution in [3.63, 3.8) is 0 Å². The van der Waals surface area contributed by atoms with Crippen molar-refractivity contribution in [2.24, 2.45) is 0 Å². The average molecular weight is 509 g/mol. The van der Waals surface area contributed by atoms with Crippen molar-refractivity contribution >= 4 is 52.2 Å². The Bertz CT molecular complexity index is 1250. The number of carbonyl (C=O) groups excluding carboxylic acids is 3. The molecule has 4 rings (SSSR count). The topological polar surface area (TPSA) is 84.9 Å². The molecule has 0 atom stereocenters. The molecule has 9 heteroatoms. The molecule has 0 bridgehead atoms. The van der Waals surface area contributed by atoms with Gasteiger partial charge in [-0.15, -0.1) is 0 Å². The second kappa shape index (κ2) is 11.6. The molecule has 1 heterocycles. The van der Waals surface area contributed by atoms with Crippen LogP contribution in [0.2, 0.25) is 5.02 Å². The molecular weight excluding hydrogens is 488 g/mol. The van der Waals surface area contributed by atoms with Gasteiger partial charge < -0.3 is 14.8 Å². The molecule has 3 amide bonds. The van der Waals surface area contributed by atoms with Gasteiger partial charge in [-0.05, 0) is 71.9 Å². The molecule has 0 aliphatic carbocycles. The lowest BCUT2D eigenvalue weighted by Gasteiger charge is -2.13. The zero-order chi connectivity index (χ0) is 24.6. The highest BCUT2D eigenvalue weighted by Crippen LogP contribution is 2.32. The van der Waals surface area contributed by atoms with Crippen molar-refractivity contribution in [1.29, 1.82) is 0 Å². The Morgan fingerprint density at radius 3 is 2.46 bits per heavy atom. The summed E-state index contributed by atoms with van der Waals surface area (Å²) in [5.41, 5.74) is 1.29. The summed E-state index contributed by atoms with van der Waals surface area (Å²) in [5, 5.41) is 2.95. The van der Waals surface area contributed by atoms with Gasteiger partial charge >= 0.3 is 0 Å². The smallest absolute Gasteiger partial charge is 0.293 e. The highest BCUT2D eigenvalue weighted by Gasteiger charge is 2.34. The number of rotatable bonds is 9. The van der Waals surface area contributed by atoms with Crippen LogP contribution in [0.5, 0.6) is 11.5 Å². The molecule has 0 saturated carbocycles. The zero-order valence-corrected chi connectivity index (χ0v) is 20.1. The Balaban J connectivity index is 1.32. The van der Waals surface area contributed by atoms with Gasteiger partial charge in [0.25, 0.3) is 17.1 Å². The minimum atomic E-state index is -0.370. The van der Waals surface area contributed by atoms with E-state index in [0.717, 1.165) is 11.8 Å². The summed E-state index contributed by atoms with van der Waals surface area (Å²) < 4.78 is 11.2. The van der Waals surface area contributed by atoms with Crippen LogP contribution in [0.1, 0.15) is 5.56 Å². The number of halogens is 1. The molecule has 1 N–H and O–H groups in total. The van der Waals surface area contributed by atoms with Crippen LogP contribution in [0.15, 0.2) is 83.8 Å². The van der Waals surface area contributed by atoms with Gasteiger partial charge in [0.2, 0.25) is 0 Å². The summed E-state index contributed by atoms with van der Waals surface area (Å²) in [4.78, 5) is 38.7. The number of benzene rings is 3. The van der Waals surface area contributed by atoms with Gasteiger partial charge in [0.15, 0.2) is 6.61 Å². The molecule has 35 heavy (non-hydrogen) atoms. The number of ether oxygens (including phenoxy) is 2. The third-order valence-electron chi connectivity index (χ3n) is 4.85. The molecule has 0 spiro atoms. The van der Waals surface area contributed by atoms with E-state index in [-0.39, 0.29) is 36.8 Å². The standard InChI is InChI=1S/C26H21ClN2O5S/c27-19-9-11-20(12-10-19)28-24(30)17-34-22-8-4-5-18(15-22)16-23-25(31)29(26(32)35-23)13-14-33-21-6-2-1-3-7-21/h1-12,15-16H,13-14,17H2,(H,28,30)/b23-16-. The van der Waals surface area contributed by atoms with Crippen LogP contribution in [0.3, 0.4) is 0 Å². The van der Waals surface area contributed by atoms with E-state index in [1.807, 2.05) is 30.3 Å². The Hall–Kier alpha value is -3.75. The molecule has 1 aliphatic heterocycles. The number of para-hydroxylation sites is 1. The van der Waals surface area contributed by atoms with Crippen molar-refractivity contribution < 1.29 is 23.9 Å². The second-order valence-electron chi connectivity index (χ2n) is 7.41. The molecule has 3 aromatic carbocycles. The van der Waals surface area contributed by atoms with E-state index in [2.05, 4.69) is 5.32 Å². The van der Waals surface area contributed by atoms with Gasteiger partial charge in [0.05, 0.1) is 11.4 Å². The van der Waals surface area contributed by atoms with E-state index < -0.39 is 0 Å². The SMILES string of the molecule is O=C(COc1cccc(/C=C2\SC(=O)N(CCOc3ccccc3)C2=O)c1)Nc1ccc(Cl)cc1. The van der Waals surface area contributed by atoms with Crippen LogP contribution in [0.25, 0.3) is 6.08 Å². The first-order valence-corrected chi connectivity index (χ1v) is 11.9. The predicted octanol–water partition coefficient (Wildman–Crippen LogP) is 5.47. The van der Waals surface area contributed by atoms with E-state index in [9.17, 15) is 14.4 Å². The number of nitrogens with one attached hydrogen (secondary N) is 1. The summed E-state index contributed by atoms with van der Waals surface area (Å²) in [6.07, 6.45) is 1.63. The first-order valence-electron chi connectivity index (χ1n) is 10.7. The Morgan fingerprint density at radius 1 is 0.943 bits per heavy atom. The molecule has 1 aliphatic rings. The minimum Gasteiger partial charge on any atom is -0.492 e. The van der Waals surface area contributed by atoms with Gasteiger partial charge in [0, 0.05) is 10.7 Å². The van der Waals surface area contributed by atoms with Gasteiger partial charge in [-0.2, -0.15) is 0 Å². The number of amides is 3. The number of thioether (sulfide) groups is 1. The molecule has 0 radical (unpaired) electrons. The fourth-order valence-corrected chi connectivity index (χ4v) is 4.18. The Labute approximate surface area is 211 Å². The zero-order valence-electron chi connectivity index (χ0n) is 18.5. The third kappa shape index (κ3) is 6.88. The van der Waals surface area contributed by atoms with Gasteiger partial charge in [-0.3, -0.25) is 19.3 Å². The maximum atomic E-state index is 12.7. The molecule has 0 aromatic heterocycles. The van der Waals surface area contributed by atoms with Crippen LogP contribution >= 0.6 is 23.4 Å². The normalized spacial score (nSPS) is 14.3. The maximum Gasteiger partial charge on any atom is 0.293 e. The summed E-state index contributed by atoms with van der Waals surface area (Å²) in [6.45, 7) is 0.170. The Kier molecular flexibility index (Phi) is 8.07. The lowest BCUT2D eigenvalue weighted by atomic mass is 10.2. The molecule has 178 valence electrons. The summed E-state index contributed by atoms with van der Waals surface area (Å²) in [6, 6.07) is 22.9. The third-order valence-corrected chi connectivity index (χ3v) is 6.01. The largest absolute Gasteiger partial charge is 0.492 e. The molecule has 1 fully saturated rings. The minimum absolute atomic E-state index is 0.156. The van der Waals surface area contributed by atoms with Crippen molar-refractivity contribution in [3.05, 3.63) is 94.4 Å². The van der Waals surface area contributed by atoms with E-state index in [1.165, 1.54) is 4.90 Å². The Morgan fingerprint density at radius 2 is 1.69 bits per heavy atom. The van der Waals surface area contributed by atoms with Gasteiger partial charge in [0.1, 0.15) is 18.1 Å².